The van der Waals surface area contributed by atoms with E-state index in [1.165, 1.54) is 12.8 Å². The molecule has 0 amide bonds. The third kappa shape index (κ3) is 2.55. The van der Waals surface area contributed by atoms with Gasteiger partial charge in [-0.25, -0.2) is 0 Å². The summed E-state index contributed by atoms with van der Waals surface area (Å²) < 4.78 is 5.41. The summed E-state index contributed by atoms with van der Waals surface area (Å²) in [6, 6.07) is 0.443. The molecule has 1 N–H and O–H groups in total. The van der Waals surface area contributed by atoms with Crippen LogP contribution in [0.15, 0.2) is 0 Å². The van der Waals surface area contributed by atoms with Crippen LogP contribution >= 0.6 is 0 Å². The summed E-state index contributed by atoms with van der Waals surface area (Å²) in [7, 11) is 1.80. The predicted octanol–water partition coefficient (Wildman–Crippen LogP) is 1.58. The lowest BCUT2D eigenvalue weighted by Gasteiger charge is -2.06. The molecule has 0 aromatic carbocycles. The largest absolute Gasteiger partial charge is 0.463 e. The summed E-state index contributed by atoms with van der Waals surface area (Å²) in [6.45, 7) is 2.71. The van der Waals surface area contributed by atoms with Gasteiger partial charge in [0.2, 0.25) is 5.95 Å². The Morgan fingerprint density at radius 1 is 1.33 bits per heavy atom. The van der Waals surface area contributed by atoms with Gasteiger partial charge in [-0.2, -0.15) is 15.0 Å². The van der Waals surface area contributed by atoms with Gasteiger partial charge < -0.3 is 10.1 Å². The average molecular weight is 208 g/mol. The minimum atomic E-state index is 0.443. The predicted molar refractivity (Wildman–Crippen MR) is 57.1 cm³/mol. The van der Waals surface area contributed by atoms with E-state index < -0.39 is 0 Å². The highest BCUT2D eigenvalue weighted by Crippen LogP contribution is 2.38. The van der Waals surface area contributed by atoms with Crippen LogP contribution in [0.2, 0.25) is 0 Å². The van der Waals surface area contributed by atoms with Crippen LogP contribution in [0.25, 0.3) is 0 Å². The molecule has 15 heavy (non-hydrogen) atoms. The second kappa shape index (κ2) is 4.42. The van der Waals surface area contributed by atoms with Crippen molar-refractivity contribution in [2.24, 2.45) is 0 Å². The number of ether oxygens (including phenoxy) is 1. The summed E-state index contributed by atoms with van der Waals surface area (Å²) in [5.41, 5.74) is 0. The molecule has 0 atom stereocenters. The number of hydrogen-bond donors (Lipinski definition) is 1. The Balaban J connectivity index is 2.16. The first kappa shape index (κ1) is 10.1. The summed E-state index contributed by atoms with van der Waals surface area (Å²) >= 11 is 0. The Kier molecular flexibility index (Phi) is 2.99. The molecule has 0 radical (unpaired) electrons. The van der Waals surface area contributed by atoms with E-state index >= 15 is 0 Å². The molecule has 5 heteroatoms. The van der Waals surface area contributed by atoms with Gasteiger partial charge in [0.1, 0.15) is 5.82 Å². The zero-order valence-electron chi connectivity index (χ0n) is 9.16. The van der Waals surface area contributed by atoms with Gasteiger partial charge in [-0.1, -0.05) is 6.92 Å². The SMILES string of the molecule is CCCOc1nc(NC)nc(C2CC2)n1. The van der Waals surface area contributed by atoms with Crippen LogP contribution in [-0.2, 0) is 0 Å². The highest BCUT2D eigenvalue weighted by atomic mass is 16.5. The van der Waals surface area contributed by atoms with Gasteiger partial charge in [-0.3, -0.25) is 0 Å². The first-order valence-corrected chi connectivity index (χ1v) is 5.40. The van der Waals surface area contributed by atoms with Gasteiger partial charge in [0.25, 0.3) is 0 Å². The molecule has 1 aromatic heterocycles. The maximum atomic E-state index is 5.41. The van der Waals surface area contributed by atoms with Crippen molar-refractivity contribution in [2.45, 2.75) is 32.1 Å². The molecule has 0 saturated heterocycles. The maximum Gasteiger partial charge on any atom is 0.321 e. The molecule has 0 unspecified atom stereocenters. The first-order valence-electron chi connectivity index (χ1n) is 5.40. The number of aromatic nitrogens is 3. The molecule has 1 saturated carbocycles. The van der Waals surface area contributed by atoms with E-state index in [-0.39, 0.29) is 0 Å². The van der Waals surface area contributed by atoms with Crippen LogP contribution in [0.4, 0.5) is 5.95 Å². The first-order chi connectivity index (χ1) is 7.33. The number of nitrogens with zero attached hydrogens (tertiary/aromatic N) is 3. The van der Waals surface area contributed by atoms with Crippen LogP contribution in [0, 0.1) is 0 Å². The smallest absolute Gasteiger partial charge is 0.321 e. The Bertz CT molecular complexity index is 338. The fraction of sp³-hybridized carbons (Fsp3) is 0.700. The lowest BCUT2D eigenvalue weighted by Crippen LogP contribution is -2.07. The Morgan fingerprint density at radius 3 is 2.73 bits per heavy atom. The molecule has 2 rings (SSSR count). The van der Waals surface area contributed by atoms with Crippen LogP contribution in [-0.4, -0.2) is 28.6 Å². The van der Waals surface area contributed by atoms with Crippen molar-refractivity contribution < 1.29 is 4.74 Å². The quantitative estimate of drug-likeness (QED) is 0.796. The molecule has 1 aromatic rings. The van der Waals surface area contributed by atoms with Gasteiger partial charge in [-0.15, -0.1) is 0 Å². The number of anilines is 1. The molecular formula is C10H16N4O. The molecule has 1 heterocycles. The Labute approximate surface area is 89.3 Å². The minimum Gasteiger partial charge on any atom is -0.463 e. The van der Waals surface area contributed by atoms with E-state index in [9.17, 15) is 0 Å². The third-order valence-electron chi connectivity index (χ3n) is 2.23. The number of hydrogen-bond acceptors (Lipinski definition) is 5. The van der Waals surface area contributed by atoms with Crippen molar-refractivity contribution in [1.29, 1.82) is 0 Å². The second-order valence-corrected chi connectivity index (χ2v) is 3.67. The summed E-state index contributed by atoms with van der Waals surface area (Å²) in [5, 5.41) is 2.92. The Hall–Kier alpha value is -1.39. The highest BCUT2D eigenvalue weighted by Gasteiger charge is 2.27. The van der Waals surface area contributed by atoms with Crippen molar-refractivity contribution in [1.82, 2.24) is 15.0 Å². The topological polar surface area (TPSA) is 59.9 Å². The van der Waals surface area contributed by atoms with Crippen molar-refractivity contribution >= 4 is 5.95 Å². The third-order valence-corrected chi connectivity index (χ3v) is 2.23. The molecule has 1 fully saturated rings. The standard InChI is InChI=1S/C10H16N4O/c1-3-6-15-10-13-8(7-4-5-7)12-9(11-2)14-10/h7H,3-6H2,1-2H3,(H,11,12,13,14). The zero-order valence-corrected chi connectivity index (χ0v) is 9.16. The van der Waals surface area contributed by atoms with E-state index in [0.717, 1.165) is 12.2 Å². The highest BCUT2D eigenvalue weighted by molar-refractivity contribution is 5.26. The van der Waals surface area contributed by atoms with Crippen molar-refractivity contribution in [2.75, 3.05) is 19.0 Å². The minimum absolute atomic E-state index is 0.443. The van der Waals surface area contributed by atoms with Crippen LogP contribution < -0.4 is 10.1 Å². The van der Waals surface area contributed by atoms with Crippen LogP contribution in [0.5, 0.6) is 6.01 Å². The van der Waals surface area contributed by atoms with E-state index in [1.54, 1.807) is 7.05 Å². The van der Waals surface area contributed by atoms with Crippen molar-refractivity contribution in [3.8, 4) is 6.01 Å². The van der Waals surface area contributed by atoms with Gasteiger partial charge in [0.05, 0.1) is 6.61 Å². The normalized spacial score (nSPS) is 15.1. The van der Waals surface area contributed by atoms with E-state index in [2.05, 4.69) is 27.2 Å². The lowest BCUT2D eigenvalue weighted by molar-refractivity contribution is 0.290. The van der Waals surface area contributed by atoms with Crippen LogP contribution in [0.1, 0.15) is 37.9 Å². The van der Waals surface area contributed by atoms with Crippen molar-refractivity contribution in [3.63, 3.8) is 0 Å². The summed E-state index contributed by atoms with van der Waals surface area (Å²) in [4.78, 5) is 12.7. The molecule has 0 aliphatic heterocycles. The van der Waals surface area contributed by atoms with E-state index in [4.69, 9.17) is 4.74 Å². The molecule has 0 bridgehead atoms. The Morgan fingerprint density at radius 2 is 2.13 bits per heavy atom. The van der Waals surface area contributed by atoms with Crippen LogP contribution in [0.3, 0.4) is 0 Å². The van der Waals surface area contributed by atoms with E-state index in [1.807, 2.05) is 0 Å². The average Bonchev–Trinajstić information content (AvgIpc) is 3.09. The number of nitrogens with one attached hydrogen (secondary N) is 1. The second-order valence-electron chi connectivity index (χ2n) is 3.67. The molecule has 5 nitrogen and oxygen atoms in total. The van der Waals surface area contributed by atoms with Gasteiger partial charge in [0, 0.05) is 13.0 Å². The van der Waals surface area contributed by atoms with Crippen molar-refractivity contribution in [3.05, 3.63) is 5.82 Å². The maximum absolute atomic E-state index is 5.41. The summed E-state index contributed by atoms with van der Waals surface area (Å²) in [5.74, 6) is 1.97. The molecular weight excluding hydrogens is 192 g/mol. The van der Waals surface area contributed by atoms with Gasteiger partial charge >= 0.3 is 6.01 Å². The molecule has 82 valence electrons. The molecule has 1 aliphatic rings. The van der Waals surface area contributed by atoms with Gasteiger partial charge in [-0.05, 0) is 19.3 Å². The van der Waals surface area contributed by atoms with Gasteiger partial charge in [0.15, 0.2) is 0 Å². The monoisotopic (exact) mass is 208 g/mol. The fourth-order valence-electron chi connectivity index (χ4n) is 1.27. The van der Waals surface area contributed by atoms with E-state index in [0.29, 0.717) is 24.5 Å². The zero-order chi connectivity index (χ0) is 10.7. The summed E-state index contributed by atoms with van der Waals surface area (Å²) in [6.07, 6.45) is 3.32. The fourth-order valence-corrected chi connectivity index (χ4v) is 1.27. The number of rotatable bonds is 5. The lowest BCUT2D eigenvalue weighted by atomic mass is 10.4. The molecule has 0 spiro atoms. The molecule has 1 aliphatic carbocycles.